The number of hydrogen-bond acceptors (Lipinski definition) is 3. The van der Waals surface area contributed by atoms with Crippen molar-refractivity contribution in [3.8, 4) is 0 Å². The zero-order chi connectivity index (χ0) is 11.3. The molecule has 1 aromatic heterocycles. The van der Waals surface area contributed by atoms with E-state index in [1.807, 2.05) is 17.8 Å². The molecule has 1 heterocycles. The molecule has 4 heteroatoms. The smallest absolute Gasteiger partial charge is 0.111 e. The SMILES string of the molecule is CCC(CC)Cn1cc(C(O)CC)nn1. The van der Waals surface area contributed by atoms with Crippen molar-refractivity contribution in [2.24, 2.45) is 5.92 Å². The maximum atomic E-state index is 9.58. The van der Waals surface area contributed by atoms with Gasteiger partial charge in [-0.3, -0.25) is 4.68 Å². The second kappa shape index (κ2) is 5.85. The lowest BCUT2D eigenvalue weighted by atomic mass is 10.0. The van der Waals surface area contributed by atoms with Crippen molar-refractivity contribution in [1.29, 1.82) is 0 Å². The molecular formula is C11H21N3O. The van der Waals surface area contributed by atoms with Gasteiger partial charge in [0.15, 0.2) is 0 Å². The van der Waals surface area contributed by atoms with Crippen LogP contribution in [0.5, 0.6) is 0 Å². The molecule has 0 saturated heterocycles. The summed E-state index contributed by atoms with van der Waals surface area (Å²) in [6.07, 6.45) is 4.38. The Labute approximate surface area is 91.3 Å². The summed E-state index contributed by atoms with van der Waals surface area (Å²) in [6, 6.07) is 0. The van der Waals surface area contributed by atoms with Crippen molar-refractivity contribution in [3.05, 3.63) is 11.9 Å². The molecule has 1 atom stereocenters. The minimum Gasteiger partial charge on any atom is -0.387 e. The molecule has 0 fully saturated rings. The average Bonchev–Trinajstić information content (AvgIpc) is 2.73. The molecule has 1 aromatic rings. The van der Waals surface area contributed by atoms with E-state index in [0.29, 0.717) is 18.0 Å². The summed E-state index contributed by atoms with van der Waals surface area (Å²) in [5, 5.41) is 17.6. The summed E-state index contributed by atoms with van der Waals surface area (Å²) in [7, 11) is 0. The largest absolute Gasteiger partial charge is 0.387 e. The van der Waals surface area contributed by atoms with E-state index in [1.165, 1.54) is 0 Å². The summed E-state index contributed by atoms with van der Waals surface area (Å²) < 4.78 is 1.84. The third-order valence-corrected chi connectivity index (χ3v) is 2.88. The lowest BCUT2D eigenvalue weighted by Crippen LogP contribution is -2.09. The van der Waals surface area contributed by atoms with Gasteiger partial charge in [0, 0.05) is 6.54 Å². The fraction of sp³-hybridized carbons (Fsp3) is 0.818. The van der Waals surface area contributed by atoms with Gasteiger partial charge in [0.1, 0.15) is 5.69 Å². The molecule has 15 heavy (non-hydrogen) atoms. The van der Waals surface area contributed by atoms with Crippen LogP contribution in [0.3, 0.4) is 0 Å². The number of nitrogens with zero attached hydrogens (tertiary/aromatic N) is 3. The molecule has 0 saturated carbocycles. The van der Waals surface area contributed by atoms with E-state index in [2.05, 4.69) is 24.2 Å². The maximum Gasteiger partial charge on any atom is 0.111 e. The Balaban J connectivity index is 2.59. The van der Waals surface area contributed by atoms with Crippen LogP contribution in [0, 0.1) is 5.92 Å². The molecule has 1 unspecified atom stereocenters. The Morgan fingerprint density at radius 1 is 1.27 bits per heavy atom. The van der Waals surface area contributed by atoms with Crippen LogP contribution in [0.25, 0.3) is 0 Å². The lowest BCUT2D eigenvalue weighted by Gasteiger charge is -2.10. The Morgan fingerprint density at radius 3 is 2.47 bits per heavy atom. The van der Waals surface area contributed by atoms with E-state index < -0.39 is 6.10 Å². The van der Waals surface area contributed by atoms with Crippen LogP contribution in [-0.2, 0) is 6.54 Å². The number of aromatic nitrogens is 3. The summed E-state index contributed by atoms with van der Waals surface area (Å²) in [5.41, 5.74) is 0.684. The Bertz CT molecular complexity index is 281. The van der Waals surface area contributed by atoms with Gasteiger partial charge in [0.05, 0.1) is 12.3 Å². The van der Waals surface area contributed by atoms with Crippen LogP contribution in [0.2, 0.25) is 0 Å². The molecule has 1 N–H and O–H groups in total. The van der Waals surface area contributed by atoms with E-state index in [-0.39, 0.29) is 0 Å². The summed E-state index contributed by atoms with van der Waals surface area (Å²) >= 11 is 0. The van der Waals surface area contributed by atoms with Gasteiger partial charge in [-0.25, -0.2) is 0 Å². The van der Waals surface area contributed by atoms with Gasteiger partial charge in [-0.15, -0.1) is 5.10 Å². The highest BCUT2D eigenvalue weighted by Gasteiger charge is 2.11. The second-order valence-corrected chi connectivity index (χ2v) is 3.97. The van der Waals surface area contributed by atoms with Crippen LogP contribution >= 0.6 is 0 Å². The molecule has 0 amide bonds. The molecule has 0 aliphatic heterocycles. The molecule has 0 aliphatic rings. The second-order valence-electron chi connectivity index (χ2n) is 3.97. The normalized spacial score (nSPS) is 13.4. The molecule has 86 valence electrons. The topological polar surface area (TPSA) is 50.9 Å². The van der Waals surface area contributed by atoms with E-state index >= 15 is 0 Å². The van der Waals surface area contributed by atoms with Gasteiger partial charge in [-0.2, -0.15) is 0 Å². The molecule has 4 nitrogen and oxygen atoms in total. The Morgan fingerprint density at radius 2 is 1.93 bits per heavy atom. The first-order valence-corrected chi connectivity index (χ1v) is 5.79. The van der Waals surface area contributed by atoms with Gasteiger partial charge in [-0.05, 0) is 12.3 Å². The van der Waals surface area contributed by atoms with Crippen LogP contribution in [0.4, 0.5) is 0 Å². The minimum atomic E-state index is -0.472. The van der Waals surface area contributed by atoms with Crippen LogP contribution in [0.1, 0.15) is 51.8 Å². The van der Waals surface area contributed by atoms with Gasteiger partial charge in [0.25, 0.3) is 0 Å². The Kier molecular flexibility index (Phi) is 4.75. The van der Waals surface area contributed by atoms with E-state index in [0.717, 1.165) is 19.4 Å². The van der Waals surface area contributed by atoms with Crippen molar-refractivity contribution in [3.63, 3.8) is 0 Å². The predicted molar refractivity (Wildman–Crippen MR) is 59.3 cm³/mol. The quantitative estimate of drug-likeness (QED) is 0.784. The lowest BCUT2D eigenvalue weighted by molar-refractivity contribution is 0.168. The van der Waals surface area contributed by atoms with Crippen molar-refractivity contribution >= 4 is 0 Å². The minimum absolute atomic E-state index is 0.472. The number of rotatable bonds is 6. The molecular weight excluding hydrogens is 190 g/mol. The van der Waals surface area contributed by atoms with Gasteiger partial charge < -0.3 is 5.11 Å². The first kappa shape index (κ1) is 12.2. The highest BCUT2D eigenvalue weighted by molar-refractivity contribution is 4.96. The number of aliphatic hydroxyl groups is 1. The predicted octanol–water partition coefficient (Wildman–Crippen LogP) is 2.16. The standard InChI is InChI=1S/C11H21N3O/c1-4-9(5-2)7-14-8-10(12-13-14)11(15)6-3/h8-9,11,15H,4-7H2,1-3H3. The number of hydrogen-bond donors (Lipinski definition) is 1. The molecule has 0 aliphatic carbocycles. The first-order valence-electron chi connectivity index (χ1n) is 5.79. The fourth-order valence-corrected chi connectivity index (χ4v) is 1.58. The number of aliphatic hydroxyl groups excluding tert-OH is 1. The van der Waals surface area contributed by atoms with Crippen molar-refractivity contribution in [2.75, 3.05) is 0 Å². The monoisotopic (exact) mass is 211 g/mol. The zero-order valence-electron chi connectivity index (χ0n) is 9.85. The van der Waals surface area contributed by atoms with Crippen molar-refractivity contribution in [2.45, 2.75) is 52.7 Å². The van der Waals surface area contributed by atoms with E-state index in [4.69, 9.17) is 0 Å². The first-order chi connectivity index (χ1) is 7.21. The molecule has 0 aromatic carbocycles. The third-order valence-electron chi connectivity index (χ3n) is 2.88. The van der Waals surface area contributed by atoms with Gasteiger partial charge >= 0.3 is 0 Å². The molecule has 0 bridgehead atoms. The van der Waals surface area contributed by atoms with Gasteiger partial charge in [0.2, 0.25) is 0 Å². The van der Waals surface area contributed by atoms with Crippen LogP contribution in [0.15, 0.2) is 6.20 Å². The Hall–Kier alpha value is -0.900. The highest BCUT2D eigenvalue weighted by atomic mass is 16.3. The third kappa shape index (κ3) is 3.30. The summed E-state index contributed by atoms with van der Waals surface area (Å²) in [5.74, 6) is 0.651. The summed E-state index contributed by atoms with van der Waals surface area (Å²) in [6.45, 7) is 7.21. The highest BCUT2D eigenvalue weighted by Crippen LogP contribution is 2.14. The molecule has 0 spiro atoms. The molecule has 1 rings (SSSR count). The summed E-state index contributed by atoms with van der Waals surface area (Å²) in [4.78, 5) is 0. The van der Waals surface area contributed by atoms with Crippen molar-refractivity contribution < 1.29 is 5.11 Å². The van der Waals surface area contributed by atoms with Crippen LogP contribution < -0.4 is 0 Å². The van der Waals surface area contributed by atoms with Crippen molar-refractivity contribution in [1.82, 2.24) is 15.0 Å². The maximum absolute atomic E-state index is 9.58. The average molecular weight is 211 g/mol. The van der Waals surface area contributed by atoms with Gasteiger partial charge in [-0.1, -0.05) is 38.8 Å². The fourth-order valence-electron chi connectivity index (χ4n) is 1.58. The van der Waals surface area contributed by atoms with E-state index in [9.17, 15) is 5.11 Å². The molecule has 0 radical (unpaired) electrons. The zero-order valence-corrected chi connectivity index (χ0v) is 9.85. The van der Waals surface area contributed by atoms with E-state index in [1.54, 1.807) is 0 Å². The van der Waals surface area contributed by atoms with Crippen LogP contribution in [-0.4, -0.2) is 20.1 Å².